The van der Waals surface area contributed by atoms with E-state index in [1.54, 1.807) is 24.3 Å². The van der Waals surface area contributed by atoms with Crippen LogP contribution in [-0.4, -0.2) is 49.8 Å². The van der Waals surface area contributed by atoms with Crippen LogP contribution in [0.1, 0.15) is 32.4 Å². The number of amides is 2. The smallest absolute Gasteiger partial charge is 0.256 e. The van der Waals surface area contributed by atoms with E-state index in [0.29, 0.717) is 34.3 Å². The van der Waals surface area contributed by atoms with E-state index in [9.17, 15) is 14.0 Å². The second-order valence-electron chi connectivity index (χ2n) is 8.67. The van der Waals surface area contributed by atoms with E-state index < -0.39 is 11.4 Å². The summed E-state index contributed by atoms with van der Waals surface area (Å²) in [7, 11) is 4.42. The average molecular weight is 525 g/mol. The number of nitrogens with zero attached hydrogens (tertiary/aromatic N) is 1. The maximum Gasteiger partial charge on any atom is 0.256 e. The number of carbonyl (C=O) groups excluding carboxylic acids is 2. The van der Waals surface area contributed by atoms with Gasteiger partial charge in [-0.15, -0.1) is 11.8 Å². The molecule has 1 aliphatic rings. The van der Waals surface area contributed by atoms with Crippen LogP contribution in [-0.2, 0) is 4.79 Å². The number of carbonyl (C=O) groups is 2. The highest BCUT2D eigenvalue weighted by molar-refractivity contribution is 7.99. The Morgan fingerprint density at radius 3 is 2.14 bits per heavy atom. The molecule has 1 aliphatic heterocycles. The molecule has 0 spiro atoms. The van der Waals surface area contributed by atoms with Crippen LogP contribution in [0.2, 0.25) is 0 Å². The van der Waals surface area contributed by atoms with Gasteiger partial charge in [0, 0.05) is 17.0 Å². The quantitative estimate of drug-likeness (QED) is 0.448. The molecule has 2 atom stereocenters. The van der Waals surface area contributed by atoms with Crippen molar-refractivity contribution in [1.29, 1.82) is 0 Å². The lowest BCUT2D eigenvalue weighted by molar-refractivity contribution is -0.119. The SMILES string of the molecule is COc1cc(C(=O)N2C(C(=O)Nc3ccc(C)c(C)c3)CSC2c2ccc(F)cc2)cc(OC)c1OC. The number of nitrogens with one attached hydrogen (secondary N) is 1. The molecule has 0 aliphatic carbocycles. The second kappa shape index (κ2) is 11.1. The third kappa shape index (κ3) is 5.36. The summed E-state index contributed by atoms with van der Waals surface area (Å²) in [5.74, 6) is 0.308. The summed E-state index contributed by atoms with van der Waals surface area (Å²) in [6.45, 7) is 3.97. The van der Waals surface area contributed by atoms with Gasteiger partial charge in [-0.05, 0) is 66.9 Å². The lowest BCUT2D eigenvalue weighted by Gasteiger charge is -2.29. The molecule has 2 amide bonds. The predicted octanol–water partition coefficient (Wildman–Crippen LogP) is 5.36. The first-order chi connectivity index (χ1) is 17.8. The average Bonchev–Trinajstić information content (AvgIpc) is 3.35. The number of benzene rings is 3. The molecule has 3 aromatic rings. The maximum atomic E-state index is 14.0. The molecule has 37 heavy (non-hydrogen) atoms. The van der Waals surface area contributed by atoms with Crippen LogP contribution in [0.5, 0.6) is 17.2 Å². The number of aryl methyl sites for hydroxylation is 2. The number of hydrogen-bond acceptors (Lipinski definition) is 6. The van der Waals surface area contributed by atoms with Crippen molar-refractivity contribution in [1.82, 2.24) is 4.90 Å². The van der Waals surface area contributed by atoms with Crippen LogP contribution in [0.4, 0.5) is 10.1 Å². The number of hydrogen-bond donors (Lipinski definition) is 1. The first-order valence-electron chi connectivity index (χ1n) is 11.6. The van der Waals surface area contributed by atoms with Crippen molar-refractivity contribution >= 4 is 29.3 Å². The van der Waals surface area contributed by atoms with Gasteiger partial charge in [-0.25, -0.2) is 4.39 Å². The lowest BCUT2D eigenvalue weighted by Crippen LogP contribution is -2.45. The van der Waals surface area contributed by atoms with Crippen molar-refractivity contribution < 1.29 is 28.2 Å². The predicted molar refractivity (Wildman–Crippen MR) is 142 cm³/mol. The van der Waals surface area contributed by atoms with Gasteiger partial charge in [0.2, 0.25) is 11.7 Å². The van der Waals surface area contributed by atoms with Gasteiger partial charge in [0.25, 0.3) is 5.91 Å². The number of rotatable bonds is 7. The monoisotopic (exact) mass is 524 g/mol. The summed E-state index contributed by atoms with van der Waals surface area (Å²) < 4.78 is 29.9. The Morgan fingerprint density at radius 1 is 0.919 bits per heavy atom. The van der Waals surface area contributed by atoms with Gasteiger partial charge in [0.05, 0.1) is 21.3 Å². The van der Waals surface area contributed by atoms with E-state index in [1.807, 2.05) is 32.0 Å². The molecular weight excluding hydrogens is 495 g/mol. The Morgan fingerprint density at radius 2 is 1.57 bits per heavy atom. The molecule has 1 N–H and O–H groups in total. The molecule has 0 saturated carbocycles. The number of thioether (sulfide) groups is 1. The van der Waals surface area contributed by atoms with Gasteiger partial charge in [-0.3, -0.25) is 9.59 Å². The molecule has 2 unspecified atom stereocenters. The molecule has 4 rings (SSSR count). The Balaban J connectivity index is 1.73. The highest BCUT2D eigenvalue weighted by atomic mass is 32.2. The van der Waals surface area contributed by atoms with Gasteiger partial charge in [0.1, 0.15) is 17.2 Å². The van der Waals surface area contributed by atoms with E-state index in [0.717, 1.165) is 11.1 Å². The Labute approximate surface area is 219 Å². The molecule has 9 heteroatoms. The van der Waals surface area contributed by atoms with Crippen LogP contribution in [0, 0.1) is 19.7 Å². The Kier molecular flexibility index (Phi) is 7.92. The van der Waals surface area contributed by atoms with Gasteiger partial charge >= 0.3 is 0 Å². The zero-order valence-corrected chi connectivity index (χ0v) is 22.1. The largest absolute Gasteiger partial charge is 0.493 e. The fraction of sp³-hybridized carbons (Fsp3) is 0.286. The molecule has 1 fully saturated rings. The molecule has 3 aromatic carbocycles. The fourth-order valence-electron chi connectivity index (χ4n) is 4.24. The minimum atomic E-state index is -0.770. The second-order valence-corrected chi connectivity index (χ2v) is 9.78. The van der Waals surface area contributed by atoms with Crippen molar-refractivity contribution in [3.8, 4) is 17.2 Å². The number of halogens is 1. The third-order valence-corrected chi connectivity index (χ3v) is 7.70. The van der Waals surface area contributed by atoms with Crippen LogP contribution in [0.15, 0.2) is 54.6 Å². The van der Waals surface area contributed by atoms with Crippen LogP contribution >= 0.6 is 11.8 Å². The molecular formula is C28H29FN2O5S. The maximum absolute atomic E-state index is 14.0. The molecule has 194 valence electrons. The van der Waals surface area contributed by atoms with Crippen molar-refractivity contribution in [2.24, 2.45) is 0 Å². The third-order valence-electron chi connectivity index (χ3n) is 6.38. The van der Waals surface area contributed by atoms with E-state index >= 15 is 0 Å². The van der Waals surface area contributed by atoms with Crippen LogP contribution in [0.3, 0.4) is 0 Å². The highest BCUT2D eigenvalue weighted by Crippen LogP contribution is 2.44. The molecule has 1 saturated heterocycles. The first kappa shape index (κ1) is 26.3. The van der Waals surface area contributed by atoms with Crippen molar-refractivity contribution in [2.75, 3.05) is 32.4 Å². The van der Waals surface area contributed by atoms with Crippen LogP contribution < -0.4 is 19.5 Å². The zero-order valence-electron chi connectivity index (χ0n) is 21.3. The molecule has 7 nitrogen and oxygen atoms in total. The zero-order chi connectivity index (χ0) is 26.7. The number of ether oxygens (including phenoxy) is 3. The minimum absolute atomic E-state index is 0.271. The molecule has 0 radical (unpaired) electrons. The lowest BCUT2D eigenvalue weighted by atomic mass is 10.1. The van der Waals surface area contributed by atoms with Crippen molar-refractivity contribution in [3.05, 3.63) is 82.7 Å². The van der Waals surface area contributed by atoms with E-state index in [-0.39, 0.29) is 23.2 Å². The summed E-state index contributed by atoms with van der Waals surface area (Å²) in [5.41, 5.74) is 3.81. The normalized spacial score (nSPS) is 16.9. The van der Waals surface area contributed by atoms with Gasteiger partial charge in [0.15, 0.2) is 11.5 Å². The van der Waals surface area contributed by atoms with E-state index in [2.05, 4.69) is 5.32 Å². The number of anilines is 1. The molecule has 1 heterocycles. The van der Waals surface area contributed by atoms with E-state index in [4.69, 9.17) is 14.2 Å². The summed E-state index contributed by atoms with van der Waals surface area (Å²) in [6.07, 6.45) is 0. The van der Waals surface area contributed by atoms with Crippen molar-refractivity contribution in [2.45, 2.75) is 25.3 Å². The summed E-state index contributed by atoms with van der Waals surface area (Å²) in [6, 6.07) is 14.0. The first-order valence-corrected chi connectivity index (χ1v) is 12.7. The summed E-state index contributed by atoms with van der Waals surface area (Å²) >= 11 is 1.45. The minimum Gasteiger partial charge on any atom is -0.493 e. The Hall–Kier alpha value is -3.72. The van der Waals surface area contributed by atoms with E-state index in [1.165, 1.54) is 50.1 Å². The van der Waals surface area contributed by atoms with Crippen molar-refractivity contribution in [3.63, 3.8) is 0 Å². The standard InChI is InChI=1S/C28H29FN2O5S/c1-16-6-11-21(12-17(16)2)30-26(32)22-15-37-28(18-7-9-20(29)10-8-18)31(22)27(33)19-13-23(34-3)25(36-5)24(14-19)35-4/h6-14,22,28H,15H2,1-5H3,(H,30,32). The van der Waals surface area contributed by atoms with Gasteiger partial charge < -0.3 is 24.4 Å². The highest BCUT2D eigenvalue weighted by Gasteiger charge is 2.43. The summed E-state index contributed by atoms with van der Waals surface area (Å²) in [4.78, 5) is 29.0. The summed E-state index contributed by atoms with van der Waals surface area (Å²) in [5, 5.41) is 2.46. The Bertz CT molecular complexity index is 1290. The fourth-order valence-corrected chi connectivity index (χ4v) is 5.67. The van der Waals surface area contributed by atoms with Gasteiger partial charge in [-0.1, -0.05) is 18.2 Å². The number of methoxy groups -OCH3 is 3. The van der Waals surface area contributed by atoms with Gasteiger partial charge in [-0.2, -0.15) is 0 Å². The topological polar surface area (TPSA) is 77.1 Å². The van der Waals surface area contributed by atoms with Crippen LogP contribution in [0.25, 0.3) is 0 Å². The molecule has 0 aromatic heterocycles. The molecule has 0 bridgehead atoms.